The number of hydrogen-bond acceptors (Lipinski definition) is 4. The topological polar surface area (TPSA) is 62.2 Å². The molecule has 0 aromatic carbocycles. The fourth-order valence-electron chi connectivity index (χ4n) is 2.62. The Morgan fingerprint density at radius 2 is 2.33 bits per heavy atom. The molecule has 1 aromatic heterocycles. The van der Waals surface area contributed by atoms with E-state index >= 15 is 0 Å². The maximum Gasteiger partial charge on any atom is 0.312 e. The second-order valence-electron chi connectivity index (χ2n) is 5.45. The van der Waals surface area contributed by atoms with E-state index in [0.29, 0.717) is 12.3 Å². The Morgan fingerprint density at radius 3 is 3.00 bits per heavy atom. The Morgan fingerprint density at radius 1 is 1.56 bits per heavy atom. The van der Waals surface area contributed by atoms with Crippen molar-refractivity contribution in [3.63, 3.8) is 0 Å². The minimum atomic E-state index is -0.739. The van der Waals surface area contributed by atoms with Gasteiger partial charge < -0.3 is 10.4 Å². The highest BCUT2D eigenvalue weighted by Crippen LogP contribution is 2.39. The molecule has 0 amide bonds. The van der Waals surface area contributed by atoms with Gasteiger partial charge in [-0.05, 0) is 37.5 Å². The number of carboxylic acids is 1. The van der Waals surface area contributed by atoms with Crippen molar-refractivity contribution < 1.29 is 9.90 Å². The second kappa shape index (κ2) is 4.53. The first-order valence-electron chi connectivity index (χ1n) is 6.61. The van der Waals surface area contributed by atoms with Gasteiger partial charge in [-0.3, -0.25) is 4.79 Å². The number of nitrogens with one attached hydrogen (secondary N) is 1. The number of aromatic nitrogens is 1. The van der Waals surface area contributed by atoms with Gasteiger partial charge in [0.25, 0.3) is 0 Å². The van der Waals surface area contributed by atoms with Gasteiger partial charge in [0.15, 0.2) is 5.13 Å². The molecule has 5 heteroatoms. The lowest BCUT2D eigenvalue weighted by Crippen LogP contribution is -2.13. The van der Waals surface area contributed by atoms with Gasteiger partial charge in [-0.25, -0.2) is 4.98 Å². The van der Waals surface area contributed by atoms with Crippen molar-refractivity contribution in [2.75, 3.05) is 11.9 Å². The van der Waals surface area contributed by atoms with E-state index in [0.717, 1.165) is 34.6 Å². The third-order valence-corrected chi connectivity index (χ3v) is 5.11. The zero-order valence-corrected chi connectivity index (χ0v) is 11.3. The zero-order valence-electron chi connectivity index (χ0n) is 10.5. The molecule has 1 heterocycles. The SMILES string of the molecule is CC(CNc1nc2c(s1)CCC2C(=O)O)C1CC1. The Balaban J connectivity index is 1.64. The summed E-state index contributed by atoms with van der Waals surface area (Å²) in [6.45, 7) is 3.22. The molecule has 0 saturated heterocycles. The molecule has 2 atom stereocenters. The molecule has 3 rings (SSSR count). The van der Waals surface area contributed by atoms with Gasteiger partial charge in [0, 0.05) is 11.4 Å². The maximum absolute atomic E-state index is 11.1. The summed E-state index contributed by atoms with van der Waals surface area (Å²) in [7, 11) is 0. The predicted molar refractivity (Wildman–Crippen MR) is 71.2 cm³/mol. The molecule has 1 aromatic rings. The second-order valence-corrected chi connectivity index (χ2v) is 6.54. The first-order chi connectivity index (χ1) is 8.65. The van der Waals surface area contributed by atoms with Gasteiger partial charge in [-0.1, -0.05) is 6.92 Å². The van der Waals surface area contributed by atoms with E-state index in [9.17, 15) is 4.79 Å². The van der Waals surface area contributed by atoms with Crippen LogP contribution in [0.15, 0.2) is 0 Å². The van der Waals surface area contributed by atoms with Crippen LogP contribution in [0.25, 0.3) is 0 Å². The molecular formula is C13H18N2O2S. The van der Waals surface area contributed by atoms with Crippen molar-refractivity contribution in [2.24, 2.45) is 11.8 Å². The number of rotatable bonds is 5. The number of fused-ring (bicyclic) bond motifs is 1. The minimum Gasteiger partial charge on any atom is -0.481 e. The molecule has 1 fully saturated rings. The van der Waals surface area contributed by atoms with Crippen LogP contribution in [0.3, 0.4) is 0 Å². The lowest BCUT2D eigenvalue weighted by molar-refractivity contribution is -0.138. The molecule has 0 aliphatic heterocycles. The largest absolute Gasteiger partial charge is 0.481 e. The fraction of sp³-hybridized carbons (Fsp3) is 0.692. The van der Waals surface area contributed by atoms with Gasteiger partial charge in [0.2, 0.25) is 0 Å². The van der Waals surface area contributed by atoms with Gasteiger partial charge >= 0.3 is 5.97 Å². The molecule has 98 valence electrons. The van der Waals surface area contributed by atoms with E-state index in [1.807, 2.05) is 0 Å². The standard InChI is InChI=1S/C13H18N2O2S/c1-7(8-2-3-8)6-14-13-15-11-9(12(16)17)4-5-10(11)18-13/h7-9H,2-6H2,1H3,(H,14,15)(H,16,17). The molecule has 2 unspecified atom stereocenters. The summed E-state index contributed by atoms with van der Waals surface area (Å²) in [5, 5.41) is 13.4. The van der Waals surface area contributed by atoms with Crippen LogP contribution in [0, 0.1) is 11.8 Å². The highest BCUT2D eigenvalue weighted by molar-refractivity contribution is 7.15. The van der Waals surface area contributed by atoms with E-state index < -0.39 is 5.97 Å². The van der Waals surface area contributed by atoms with Crippen LogP contribution in [0.4, 0.5) is 5.13 Å². The van der Waals surface area contributed by atoms with Gasteiger partial charge in [-0.15, -0.1) is 11.3 Å². The first kappa shape index (κ1) is 12.0. The van der Waals surface area contributed by atoms with E-state index in [4.69, 9.17) is 5.11 Å². The average Bonchev–Trinajstić information content (AvgIpc) is 2.98. The molecule has 1 saturated carbocycles. The molecule has 18 heavy (non-hydrogen) atoms. The number of anilines is 1. The van der Waals surface area contributed by atoms with Crippen molar-refractivity contribution in [1.82, 2.24) is 4.98 Å². The summed E-state index contributed by atoms with van der Waals surface area (Å²) in [4.78, 5) is 16.7. The molecular weight excluding hydrogens is 248 g/mol. The lowest BCUT2D eigenvalue weighted by atomic mass is 10.1. The monoisotopic (exact) mass is 266 g/mol. The fourth-order valence-corrected chi connectivity index (χ4v) is 3.67. The van der Waals surface area contributed by atoms with Crippen molar-refractivity contribution in [3.05, 3.63) is 10.6 Å². The molecule has 2 N–H and O–H groups in total. The van der Waals surface area contributed by atoms with E-state index in [-0.39, 0.29) is 5.92 Å². The summed E-state index contributed by atoms with van der Waals surface area (Å²) in [6, 6.07) is 0. The average molecular weight is 266 g/mol. The first-order valence-corrected chi connectivity index (χ1v) is 7.43. The highest BCUT2D eigenvalue weighted by Gasteiger charge is 2.32. The number of nitrogens with zero attached hydrogens (tertiary/aromatic N) is 1. The van der Waals surface area contributed by atoms with Crippen LogP contribution in [0.1, 0.15) is 42.7 Å². The number of aryl methyl sites for hydroxylation is 1. The van der Waals surface area contributed by atoms with Crippen LogP contribution < -0.4 is 5.32 Å². The van der Waals surface area contributed by atoms with Crippen molar-refractivity contribution >= 4 is 22.4 Å². The molecule has 4 nitrogen and oxygen atoms in total. The van der Waals surface area contributed by atoms with Gasteiger partial charge in [-0.2, -0.15) is 0 Å². The molecule has 0 bridgehead atoms. The van der Waals surface area contributed by atoms with Gasteiger partial charge in [0.1, 0.15) is 5.92 Å². The lowest BCUT2D eigenvalue weighted by Gasteiger charge is -2.10. The summed E-state index contributed by atoms with van der Waals surface area (Å²) in [5.41, 5.74) is 0.800. The molecule has 0 spiro atoms. The van der Waals surface area contributed by atoms with E-state index in [1.54, 1.807) is 11.3 Å². The number of thiazole rings is 1. The summed E-state index contributed by atoms with van der Waals surface area (Å²) < 4.78 is 0. The van der Waals surface area contributed by atoms with Crippen LogP contribution in [-0.2, 0) is 11.2 Å². The number of carboxylic acid groups (broad SMARTS) is 1. The number of carbonyl (C=O) groups is 1. The Kier molecular flexibility index (Phi) is 3.01. The van der Waals surface area contributed by atoms with Gasteiger partial charge in [0.05, 0.1) is 5.69 Å². The molecule has 2 aliphatic carbocycles. The summed E-state index contributed by atoms with van der Waals surface area (Å²) >= 11 is 1.63. The van der Waals surface area contributed by atoms with Crippen LogP contribution >= 0.6 is 11.3 Å². The summed E-state index contributed by atoms with van der Waals surface area (Å²) in [5.74, 6) is 0.458. The van der Waals surface area contributed by atoms with Crippen LogP contribution in [0.2, 0.25) is 0 Å². The zero-order chi connectivity index (χ0) is 12.7. The molecule has 2 aliphatic rings. The Bertz CT molecular complexity index is 468. The van der Waals surface area contributed by atoms with Crippen LogP contribution in [-0.4, -0.2) is 22.6 Å². The van der Waals surface area contributed by atoms with Crippen molar-refractivity contribution in [1.29, 1.82) is 0 Å². The van der Waals surface area contributed by atoms with E-state index in [1.165, 1.54) is 12.8 Å². The van der Waals surface area contributed by atoms with Crippen LogP contribution in [0.5, 0.6) is 0 Å². The summed E-state index contributed by atoms with van der Waals surface area (Å²) in [6.07, 6.45) is 4.29. The smallest absolute Gasteiger partial charge is 0.312 e. The normalized spacial score (nSPS) is 23.7. The third-order valence-electron chi connectivity index (χ3n) is 4.02. The van der Waals surface area contributed by atoms with Crippen molar-refractivity contribution in [2.45, 2.75) is 38.5 Å². The Labute approximate surface area is 110 Å². The highest BCUT2D eigenvalue weighted by atomic mass is 32.1. The third kappa shape index (κ3) is 2.23. The number of aliphatic carboxylic acids is 1. The molecule has 0 radical (unpaired) electrons. The Hall–Kier alpha value is -1.10. The van der Waals surface area contributed by atoms with E-state index in [2.05, 4.69) is 17.2 Å². The maximum atomic E-state index is 11.1. The van der Waals surface area contributed by atoms with Crippen molar-refractivity contribution in [3.8, 4) is 0 Å². The number of hydrogen-bond donors (Lipinski definition) is 2. The minimum absolute atomic E-state index is 0.382. The predicted octanol–water partition coefficient (Wildman–Crippen LogP) is 2.72. The quantitative estimate of drug-likeness (QED) is 0.860.